The molecule has 2 aromatic carbocycles. The van der Waals surface area contributed by atoms with Crippen LogP contribution >= 0.6 is 0 Å². The summed E-state index contributed by atoms with van der Waals surface area (Å²) in [4.78, 5) is 54.8. The van der Waals surface area contributed by atoms with Crippen molar-refractivity contribution in [2.45, 2.75) is 72.0 Å². The van der Waals surface area contributed by atoms with E-state index < -0.39 is 59.7 Å². The largest absolute Gasteiger partial charge is 0.506 e. The highest BCUT2D eigenvalue weighted by Crippen LogP contribution is 2.43. The number of phenols is 2. The summed E-state index contributed by atoms with van der Waals surface area (Å²) in [5.41, 5.74) is 7.74. The molecule has 0 aromatic heterocycles. The van der Waals surface area contributed by atoms with Crippen molar-refractivity contribution in [3.8, 4) is 11.5 Å². The number of ether oxygens (including phenoxy) is 4. The minimum Gasteiger partial charge on any atom is -0.506 e. The van der Waals surface area contributed by atoms with Crippen molar-refractivity contribution >= 4 is 41.5 Å². The first-order valence-electron chi connectivity index (χ1n) is 19.4. The maximum absolute atomic E-state index is 13.7. The Balaban J connectivity index is 1.66. The number of carbonyl (C=O) groups excluding carboxylic acids is 4. The van der Waals surface area contributed by atoms with Crippen LogP contribution in [0.5, 0.6) is 11.5 Å². The van der Waals surface area contributed by atoms with Gasteiger partial charge in [-0.05, 0) is 63.5 Å². The molecule has 2 aliphatic heterocycles. The van der Waals surface area contributed by atoms with E-state index in [-0.39, 0.29) is 40.6 Å². The number of nitrogens with one attached hydrogen (secondary N) is 2. The number of hydrogen-bond acceptors (Lipinski definition) is 12. The lowest BCUT2D eigenvalue weighted by Crippen LogP contribution is -2.48. The van der Waals surface area contributed by atoms with Gasteiger partial charge in [0, 0.05) is 75.6 Å². The number of benzene rings is 2. The van der Waals surface area contributed by atoms with Crippen LogP contribution in [0.25, 0.3) is 6.08 Å². The van der Waals surface area contributed by atoms with Crippen LogP contribution in [0.2, 0.25) is 0 Å². The van der Waals surface area contributed by atoms with Crippen LogP contribution < -0.4 is 16.4 Å². The standard InChI is InChI=1S/C43H57N5O11/c1-8-58-43(55)48-18-16-47(17-19-48)24-29-12-14-30(15-13-29)41(53)46-36-31-20-25(2)21-35(57-7)37(50)27(4)22-28(5)39(59-42(44)54)34(56-6)11-9-10-26(3)40(52)45-32(38(31)51)23-33(36)49/h9-15,20,22-23,27,34-35,37,39,49-51H,8,16-19,21,24H2,1-7H3,(H2,44,54)(H,45,52)(H,46,53)/t27-,34-,35-,37+,39-/m0/s1. The molecule has 2 aliphatic rings. The van der Waals surface area contributed by atoms with E-state index in [1.54, 1.807) is 56.9 Å². The second-order valence-corrected chi connectivity index (χ2v) is 14.7. The molecule has 0 spiro atoms. The minimum atomic E-state index is -1.07. The van der Waals surface area contributed by atoms with Crippen molar-refractivity contribution in [2.24, 2.45) is 11.7 Å². The molecule has 4 rings (SSSR count). The number of rotatable bonds is 8. The van der Waals surface area contributed by atoms with E-state index in [1.807, 2.05) is 12.1 Å². The van der Waals surface area contributed by atoms with Crippen molar-refractivity contribution in [2.75, 3.05) is 57.6 Å². The monoisotopic (exact) mass is 819 g/mol. The highest BCUT2D eigenvalue weighted by Gasteiger charge is 2.29. The summed E-state index contributed by atoms with van der Waals surface area (Å²) in [7, 11) is 2.87. The smallest absolute Gasteiger partial charge is 0.409 e. The molecule has 2 bridgehead atoms. The van der Waals surface area contributed by atoms with Crippen molar-refractivity contribution in [3.05, 3.63) is 88.0 Å². The molecule has 0 unspecified atom stereocenters. The highest BCUT2D eigenvalue weighted by molar-refractivity contribution is 6.09. The first-order valence-corrected chi connectivity index (χ1v) is 19.4. The number of piperazine rings is 1. The zero-order valence-corrected chi connectivity index (χ0v) is 34.7. The van der Waals surface area contributed by atoms with Gasteiger partial charge in [-0.3, -0.25) is 14.5 Å². The Morgan fingerprint density at radius 2 is 1.69 bits per heavy atom. The Kier molecular flexibility index (Phi) is 16.7. The molecule has 0 radical (unpaired) electrons. The van der Waals surface area contributed by atoms with E-state index in [2.05, 4.69) is 15.5 Å². The van der Waals surface area contributed by atoms with Gasteiger partial charge in [0.15, 0.2) is 6.10 Å². The summed E-state index contributed by atoms with van der Waals surface area (Å²) in [6.07, 6.45) is 3.04. The van der Waals surface area contributed by atoms with Crippen molar-refractivity contribution in [1.82, 2.24) is 9.80 Å². The molecule has 2 heterocycles. The number of aliphatic hydroxyl groups excluding tert-OH is 1. The molecule has 0 saturated carbocycles. The molecule has 320 valence electrons. The molecule has 1 saturated heterocycles. The lowest BCUT2D eigenvalue weighted by molar-refractivity contribution is -0.112. The Hall–Kier alpha value is -5.68. The lowest BCUT2D eigenvalue weighted by atomic mass is 9.91. The quantitative estimate of drug-likeness (QED) is 0.113. The van der Waals surface area contributed by atoms with Gasteiger partial charge >= 0.3 is 12.2 Å². The third kappa shape index (κ3) is 12.4. The Bertz CT molecular complexity index is 1950. The number of aromatic hydroxyl groups is 2. The molecule has 59 heavy (non-hydrogen) atoms. The molecule has 0 aliphatic carbocycles. The molecule has 2 aromatic rings. The molecule has 1 fully saturated rings. The average Bonchev–Trinajstić information content (AvgIpc) is 3.20. The number of allylic oxidation sites excluding steroid dienone is 2. The Morgan fingerprint density at radius 1 is 1.02 bits per heavy atom. The van der Waals surface area contributed by atoms with E-state index in [1.165, 1.54) is 39.4 Å². The highest BCUT2D eigenvalue weighted by atomic mass is 16.6. The number of primary amides is 1. The van der Waals surface area contributed by atoms with Gasteiger partial charge in [0.1, 0.15) is 17.6 Å². The topological polar surface area (TPSA) is 222 Å². The molecule has 16 nitrogen and oxygen atoms in total. The molecular weight excluding hydrogens is 762 g/mol. The fourth-order valence-electron chi connectivity index (χ4n) is 6.92. The van der Waals surface area contributed by atoms with Crippen LogP contribution in [-0.2, 0) is 30.3 Å². The SMILES string of the molecule is CCOC(=O)N1CCN(Cc2ccc(C(=O)Nc3c(O)cc4c(O)c3C=C(C)C[C@H](OC)[C@H](O)[C@@H](C)C=C(C)[C@H](OC(N)=O)[C@@H](OC)C=CC=C(C)C(=O)N4)cc2)CC1. The summed E-state index contributed by atoms with van der Waals surface area (Å²) in [6, 6.07) is 8.11. The van der Waals surface area contributed by atoms with Crippen LogP contribution in [0.3, 0.4) is 0 Å². The third-order valence-corrected chi connectivity index (χ3v) is 10.3. The van der Waals surface area contributed by atoms with Gasteiger partial charge in [-0.15, -0.1) is 0 Å². The summed E-state index contributed by atoms with van der Waals surface area (Å²) < 4.78 is 21.8. The van der Waals surface area contributed by atoms with E-state index >= 15 is 0 Å². The van der Waals surface area contributed by atoms with Crippen molar-refractivity contribution in [3.63, 3.8) is 0 Å². The number of methoxy groups -OCH3 is 2. The van der Waals surface area contributed by atoms with Gasteiger partial charge in [-0.2, -0.15) is 0 Å². The Labute approximate surface area is 344 Å². The zero-order valence-electron chi connectivity index (χ0n) is 34.7. The minimum absolute atomic E-state index is 0.00619. The maximum atomic E-state index is 13.7. The van der Waals surface area contributed by atoms with Crippen molar-refractivity contribution < 1.29 is 53.4 Å². The summed E-state index contributed by atoms with van der Waals surface area (Å²) >= 11 is 0. The van der Waals surface area contributed by atoms with Gasteiger partial charge < -0.3 is 55.5 Å². The zero-order chi connectivity index (χ0) is 43.4. The van der Waals surface area contributed by atoms with Crippen LogP contribution in [0.1, 0.15) is 62.5 Å². The first kappa shape index (κ1) is 46.0. The van der Waals surface area contributed by atoms with Gasteiger partial charge in [-0.1, -0.05) is 48.9 Å². The number of fused-ring (bicyclic) bond motifs is 2. The van der Waals surface area contributed by atoms with Crippen LogP contribution in [0.4, 0.5) is 21.0 Å². The first-order chi connectivity index (χ1) is 28.1. The number of anilines is 2. The number of phenolic OH excluding ortho intramolecular Hbond substituents is 2. The molecule has 7 N–H and O–H groups in total. The molecule has 5 atom stereocenters. The van der Waals surface area contributed by atoms with Crippen molar-refractivity contribution in [1.29, 1.82) is 0 Å². The summed E-state index contributed by atoms with van der Waals surface area (Å²) in [5.74, 6) is -2.57. The number of hydrogen-bond donors (Lipinski definition) is 6. The Morgan fingerprint density at radius 3 is 2.31 bits per heavy atom. The maximum Gasteiger partial charge on any atom is 0.409 e. The van der Waals surface area contributed by atoms with Gasteiger partial charge in [0.25, 0.3) is 11.8 Å². The molecule has 16 heteroatoms. The number of carbonyl (C=O) groups is 4. The van der Waals surface area contributed by atoms with Gasteiger partial charge in [0.2, 0.25) is 0 Å². The number of amides is 4. The van der Waals surface area contributed by atoms with Crippen LogP contribution in [0.15, 0.2) is 71.4 Å². The van der Waals surface area contributed by atoms with E-state index in [0.717, 1.165) is 11.6 Å². The second kappa shape index (κ2) is 21.4. The van der Waals surface area contributed by atoms with Crippen LogP contribution in [0, 0.1) is 5.92 Å². The fourth-order valence-corrected chi connectivity index (χ4v) is 6.92. The van der Waals surface area contributed by atoms with Gasteiger partial charge in [0.05, 0.1) is 30.2 Å². The van der Waals surface area contributed by atoms with E-state index in [9.17, 15) is 34.5 Å². The number of nitrogens with two attached hydrogens (primary N) is 1. The molecule has 4 amide bonds. The van der Waals surface area contributed by atoms with Gasteiger partial charge in [-0.25, -0.2) is 9.59 Å². The summed E-state index contributed by atoms with van der Waals surface area (Å²) in [6.45, 7) is 11.9. The molecular formula is C43H57N5O11. The van der Waals surface area contributed by atoms with E-state index in [4.69, 9.17) is 24.7 Å². The lowest BCUT2D eigenvalue weighted by Gasteiger charge is -2.34. The van der Waals surface area contributed by atoms with Crippen LogP contribution in [-0.4, -0.2) is 121 Å². The average molecular weight is 820 g/mol. The second-order valence-electron chi connectivity index (χ2n) is 14.7. The van der Waals surface area contributed by atoms with E-state index in [0.29, 0.717) is 50.5 Å². The normalized spacial score (nSPS) is 22.4. The predicted molar refractivity (Wildman–Crippen MR) is 223 cm³/mol. The number of nitrogens with zero attached hydrogens (tertiary/aromatic N) is 2. The fraction of sp³-hybridized carbons (Fsp3) is 0.442. The number of aliphatic hydroxyl groups is 1. The third-order valence-electron chi connectivity index (χ3n) is 10.3. The summed E-state index contributed by atoms with van der Waals surface area (Å²) in [5, 5.41) is 39.8. The predicted octanol–water partition coefficient (Wildman–Crippen LogP) is 5.31.